The van der Waals surface area contributed by atoms with Crippen LogP contribution in [0.5, 0.6) is 0 Å². The smallest absolute Gasteiger partial charge is 0.138 e. The number of rotatable bonds is 0. The first kappa shape index (κ1) is 22.2. The highest BCUT2D eigenvalue weighted by molar-refractivity contribution is 5.85. The summed E-state index contributed by atoms with van der Waals surface area (Å²) in [5.41, 5.74) is 3.75. The summed E-state index contributed by atoms with van der Waals surface area (Å²) < 4.78 is 0. The summed E-state index contributed by atoms with van der Waals surface area (Å²) in [4.78, 5) is 12.9. The Morgan fingerprint density at radius 3 is 2.19 bits per heavy atom. The van der Waals surface area contributed by atoms with E-state index in [1.807, 2.05) is 5.57 Å². The van der Waals surface area contributed by atoms with Gasteiger partial charge in [0.2, 0.25) is 0 Å². The molecule has 0 unspecified atom stereocenters. The Balaban J connectivity index is 1.58. The van der Waals surface area contributed by atoms with Crippen molar-refractivity contribution >= 4 is 5.78 Å². The summed E-state index contributed by atoms with van der Waals surface area (Å²) in [5.74, 6) is 2.58. The summed E-state index contributed by atoms with van der Waals surface area (Å²) in [6.45, 7) is 20.1. The van der Waals surface area contributed by atoms with Gasteiger partial charge in [0.1, 0.15) is 5.78 Å². The second-order valence-electron chi connectivity index (χ2n) is 15.0. The minimum Gasteiger partial charge on any atom is -0.299 e. The number of hydrogen-bond acceptors (Lipinski definition) is 1. The zero-order valence-corrected chi connectivity index (χ0v) is 21.8. The third-order valence-corrected chi connectivity index (χ3v) is 12.8. The fraction of sp³-hybridized carbons (Fsp3) is 0.900. The van der Waals surface area contributed by atoms with Crippen LogP contribution in [-0.2, 0) is 4.79 Å². The first-order chi connectivity index (χ1) is 14.2. The maximum Gasteiger partial charge on any atom is 0.138 e. The normalized spacial score (nSPS) is 52.8. The van der Waals surface area contributed by atoms with Gasteiger partial charge in [-0.2, -0.15) is 0 Å². The Bertz CT molecular complexity index is 831. The number of carbonyl (C=O) groups is 1. The van der Waals surface area contributed by atoms with Gasteiger partial charge in [-0.05, 0) is 103 Å². The Hall–Kier alpha value is -0.590. The van der Waals surface area contributed by atoms with Crippen LogP contribution in [-0.4, -0.2) is 5.78 Å². The van der Waals surface area contributed by atoms with Crippen LogP contribution in [0.2, 0.25) is 0 Å². The molecule has 0 heterocycles. The number of ketones is 1. The van der Waals surface area contributed by atoms with Gasteiger partial charge in [0.25, 0.3) is 0 Å². The summed E-state index contributed by atoms with van der Waals surface area (Å²) in [6.07, 6.45) is 15.5. The highest BCUT2D eigenvalue weighted by Crippen LogP contribution is 2.75. The van der Waals surface area contributed by atoms with E-state index in [9.17, 15) is 4.79 Å². The molecule has 0 saturated heterocycles. The summed E-state index contributed by atoms with van der Waals surface area (Å²) in [7, 11) is 0. The van der Waals surface area contributed by atoms with Crippen molar-refractivity contribution in [1.82, 2.24) is 0 Å². The topological polar surface area (TPSA) is 17.1 Å². The predicted molar refractivity (Wildman–Crippen MR) is 130 cm³/mol. The van der Waals surface area contributed by atoms with E-state index >= 15 is 0 Å². The molecule has 0 bridgehead atoms. The van der Waals surface area contributed by atoms with E-state index in [0.717, 1.165) is 24.7 Å². The average molecular weight is 425 g/mol. The van der Waals surface area contributed by atoms with Crippen molar-refractivity contribution in [1.29, 1.82) is 0 Å². The summed E-state index contributed by atoms with van der Waals surface area (Å²) in [5, 5.41) is 0. The minimum atomic E-state index is -0.141. The lowest BCUT2D eigenvalue weighted by Gasteiger charge is -2.70. The Labute approximate surface area is 192 Å². The van der Waals surface area contributed by atoms with Gasteiger partial charge in [0.15, 0.2) is 0 Å². The van der Waals surface area contributed by atoms with Crippen molar-refractivity contribution in [2.75, 3.05) is 0 Å². The van der Waals surface area contributed by atoms with Gasteiger partial charge in [-0.15, -0.1) is 0 Å². The van der Waals surface area contributed by atoms with Gasteiger partial charge in [-0.25, -0.2) is 0 Å². The predicted octanol–water partition coefficient (Wildman–Crippen LogP) is 8.38. The molecule has 0 radical (unpaired) electrons. The molecule has 0 aromatic heterocycles. The van der Waals surface area contributed by atoms with E-state index in [1.165, 1.54) is 51.4 Å². The first-order valence-corrected chi connectivity index (χ1v) is 13.4. The standard InChI is InChI=1S/C30H48O/c1-25(2)15-16-27(5)17-18-29(7)20(21(27)19-25)9-10-23-28(6)13-12-24(31)26(3,4)22(28)11-14-30(23,29)8/h9,21-23H,10-19H2,1-8H3/t21-,22-,23+,27+,28+,29+,30+/m0/s1. The molecule has 0 spiro atoms. The van der Waals surface area contributed by atoms with Crippen molar-refractivity contribution in [3.8, 4) is 0 Å². The molecule has 1 heteroatoms. The molecule has 5 rings (SSSR count). The van der Waals surface area contributed by atoms with E-state index in [4.69, 9.17) is 0 Å². The molecule has 4 saturated carbocycles. The number of hydrogen-bond donors (Lipinski definition) is 0. The van der Waals surface area contributed by atoms with Crippen LogP contribution in [0.1, 0.15) is 120 Å². The molecule has 0 N–H and O–H groups in total. The molecule has 1 nitrogen and oxygen atoms in total. The van der Waals surface area contributed by atoms with Crippen molar-refractivity contribution < 1.29 is 4.79 Å². The van der Waals surface area contributed by atoms with Crippen LogP contribution in [0.3, 0.4) is 0 Å². The fourth-order valence-corrected chi connectivity index (χ4v) is 10.3. The second kappa shape index (κ2) is 6.29. The monoisotopic (exact) mass is 424 g/mol. The van der Waals surface area contributed by atoms with Gasteiger partial charge in [-0.1, -0.05) is 67.0 Å². The SMILES string of the molecule is CC1(C)CC[C@]2(C)CC[C@]3(C)C(=CC[C@@H]4[C@]5(C)CCC(=O)C(C)(C)[C@@H]5CC[C@]43C)[C@@H]2C1. The second-order valence-corrected chi connectivity index (χ2v) is 15.0. The van der Waals surface area contributed by atoms with Crippen LogP contribution in [0, 0.1) is 50.2 Å². The average Bonchev–Trinajstić information content (AvgIpc) is 2.67. The molecular weight excluding hydrogens is 376 g/mol. The molecule has 7 atom stereocenters. The summed E-state index contributed by atoms with van der Waals surface area (Å²) in [6, 6.07) is 0. The van der Waals surface area contributed by atoms with E-state index in [2.05, 4.69) is 61.5 Å². The maximum absolute atomic E-state index is 12.9. The van der Waals surface area contributed by atoms with Gasteiger partial charge in [0, 0.05) is 11.8 Å². The van der Waals surface area contributed by atoms with Gasteiger partial charge in [-0.3, -0.25) is 4.79 Å². The molecule has 5 aliphatic rings. The third-order valence-electron chi connectivity index (χ3n) is 12.8. The minimum absolute atomic E-state index is 0.141. The van der Waals surface area contributed by atoms with E-state index in [-0.39, 0.29) is 5.41 Å². The zero-order valence-electron chi connectivity index (χ0n) is 21.8. The van der Waals surface area contributed by atoms with Crippen molar-refractivity contribution in [2.24, 2.45) is 50.2 Å². The Morgan fingerprint density at radius 1 is 0.806 bits per heavy atom. The first-order valence-electron chi connectivity index (χ1n) is 13.4. The molecule has 174 valence electrons. The van der Waals surface area contributed by atoms with E-state index < -0.39 is 0 Å². The lowest BCUT2D eigenvalue weighted by molar-refractivity contribution is -0.184. The highest BCUT2D eigenvalue weighted by atomic mass is 16.1. The van der Waals surface area contributed by atoms with E-state index in [0.29, 0.717) is 38.8 Å². The van der Waals surface area contributed by atoms with Gasteiger partial charge < -0.3 is 0 Å². The molecule has 0 aromatic carbocycles. The van der Waals surface area contributed by atoms with Crippen molar-refractivity contribution in [3.05, 3.63) is 11.6 Å². The molecule has 0 aliphatic heterocycles. The zero-order chi connectivity index (χ0) is 22.7. The van der Waals surface area contributed by atoms with Crippen LogP contribution in [0.25, 0.3) is 0 Å². The molecule has 5 aliphatic carbocycles. The molecule has 0 aromatic rings. The number of carbonyl (C=O) groups excluding carboxylic acids is 1. The number of Topliss-reactive ketones (excluding diaryl/α,β-unsaturated/α-hetero) is 1. The molecular formula is C30H48O. The van der Waals surface area contributed by atoms with E-state index in [1.54, 1.807) is 0 Å². The maximum atomic E-state index is 12.9. The number of fused-ring (bicyclic) bond motifs is 7. The largest absolute Gasteiger partial charge is 0.299 e. The Kier molecular flexibility index (Phi) is 4.51. The quantitative estimate of drug-likeness (QED) is 0.357. The lowest BCUT2D eigenvalue weighted by Crippen LogP contribution is -2.64. The van der Waals surface area contributed by atoms with Crippen LogP contribution in [0.15, 0.2) is 11.6 Å². The lowest BCUT2D eigenvalue weighted by atomic mass is 9.34. The van der Waals surface area contributed by atoms with Gasteiger partial charge >= 0.3 is 0 Å². The third kappa shape index (κ3) is 2.70. The van der Waals surface area contributed by atoms with Crippen LogP contribution >= 0.6 is 0 Å². The van der Waals surface area contributed by atoms with Gasteiger partial charge in [0.05, 0.1) is 0 Å². The number of allylic oxidation sites excluding steroid dienone is 2. The highest BCUT2D eigenvalue weighted by Gasteiger charge is 2.67. The fourth-order valence-electron chi connectivity index (χ4n) is 10.3. The van der Waals surface area contributed by atoms with Crippen molar-refractivity contribution in [3.63, 3.8) is 0 Å². The molecule has 0 amide bonds. The van der Waals surface area contributed by atoms with Crippen LogP contribution < -0.4 is 0 Å². The molecule has 4 fully saturated rings. The summed E-state index contributed by atoms with van der Waals surface area (Å²) >= 11 is 0. The molecule has 31 heavy (non-hydrogen) atoms. The Morgan fingerprint density at radius 2 is 1.48 bits per heavy atom. The van der Waals surface area contributed by atoms with Crippen molar-refractivity contribution in [2.45, 2.75) is 120 Å². The van der Waals surface area contributed by atoms with Crippen LogP contribution in [0.4, 0.5) is 0 Å².